The first kappa shape index (κ1) is 24.3. The summed E-state index contributed by atoms with van der Waals surface area (Å²) in [6.07, 6.45) is 1.90. The number of sulfonamides is 1. The summed E-state index contributed by atoms with van der Waals surface area (Å²) in [6.45, 7) is 7.87. The van der Waals surface area contributed by atoms with E-state index in [2.05, 4.69) is 10.2 Å². The Morgan fingerprint density at radius 2 is 1.68 bits per heavy atom. The minimum Gasteiger partial charge on any atom is -0.482 e. The summed E-state index contributed by atoms with van der Waals surface area (Å²) in [5.41, 5.74) is 1.28. The molecule has 2 heterocycles. The van der Waals surface area contributed by atoms with Gasteiger partial charge in [0.2, 0.25) is 16.1 Å². The smallest absolute Gasteiger partial charge is 0.269 e. The zero-order valence-corrected chi connectivity index (χ0v) is 20.8. The number of anilines is 2. The van der Waals surface area contributed by atoms with Gasteiger partial charge in [-0.25, -0.2) is 8.42 Å². The van der Waals surface area contributed by atoms with Crippen molar-refractivity contribution in [3.05, 3.63) is 42.5 Å². The number of benzene rings is 2. The fourth-order valence-electron chi connectivity index (χ4n) is 4.51. The van der Waals surface area contributed by atoms with Crippen molar-refractivity contribution in [3.63, 3.8) is 0 Å². The van der Waals surface area contributed by atoms with Gasteiger partial charge >= 0.3 is 0 Å². The number of fused-ring (bicyclic) bond motifs is 1. The second-order valence-corrected chi connectivity index (χ2v) is 10.6. The van der Waals surface area contributed by atoms with Crippen molar-refractivity contribution in [3.8, 4) is 11.5 Å². The van der Waals surface area contributed by atoms with E-state index in [0.29, 0.717) is 30.3 Å². The van der Waals surface area contributed by atoms with Crippen molar-refractivity contribution in [1.82, 2.24) is 4.31 Å². The molecule has 0 aliphatic carbocycles. The molecule has 0 aromatic heterocycles. The number of ether oxygens (including phenoxy) is 2. The van der Waals surface area contributed by atoms with Crippen LogP contribution in [0.5, 0.6) is 11.5 Å². The van der Waals surface area contributed by atoms with Crippen LogP contribution in [-0.2, 0) is 14.8 Å². The Bertz CT molecular complexity index is 1130. The molecule has 34 heavy (non-hydrogen) atoms. The van der Waals surface area contributed by atoms with Gasteiger partial charge < -0.3 is 19.7 Å². The van der Waals surface area contributed by atoms with Gasteiger partial charge in [-0.3, -0.25) is 4.79 Å². The molecule has 1 N–H and O–H groups in total. The Balaban J connectivity index is 1.66. The zero-order chi connectivity index (χ0) is 24.3. The number of nitrogens with zero attached hydrogens (tertiary/aromatic N) is 2. The summed E-state index contributed by atoms with van der Waals surface area (Å²) in [6, 6.07) is 12.2. The highest BCUT2D eigenvalue weighted by Gasteiger charge is 2.35. The molecule has 4 rings (SSSR count). The van der Waals surface area contributed by atoms with Crippen LogP contribution in [0, 0.1) is 0 Å². The maximum Gasteiger partial charge on any atom is 0.269 e. The van der Waals surface area contributed by atoms with Crippen LogP contribution in [-0.4, -0.2) is 57.0 Å². The molecule has 184 valence electrons. The van der Waals surface area contributed by atoms with Crippen LogP contribution in [0.1, 0.15) is 40.0 Å². The van der Waals surface area contributed by atoms with Gasteiger partial charge in [0.25, 0.3) is 5.91 Å². The number of amides is 1. The zero-order valence-electron chi connectivity index (χ0n) is 20.0. The van der Waals surface area contributed by atoms with Crippen LogP contribution in [0.3, 0.4) is 0 Å². The van der Waals surface area contributed by atoms with Crippen LogP contribution in [0.4, 0.5) is 11.4 Å². The Kier molecular flexibility index (Phi) is 7.33. The molecule has 2 unspecified atom stereocenters. The molecule has 0 bridgehead atoms. The monoisotopic (exact) mass is 487 g/mol. The lowest BCUT2D eigenvalue weighted by Crippen LogP contribution is -2.46. The largest absolute Gasteiger partial charge is 0.482 e. The van der Waals surface area contributed by atoms with E-state index in [-0.39, 0.29) is 10.8 Å². The standard InChI is InChI=1S/C25H33N3O5S/c1-4-28(5-2)34(30,31)19-13-14-21(27-15-9-6-10-16-27)20(17-19)26-25(29)24-18(3)32-22-11-7-8-12-23(22)33-24/h7-8,11-14,17-18,24H,4-6,9-10,15-16H2,1-3H3,(H,26,29). The second-order valence-electron chi connectivity index (χ2n) is 8.61. The van der Waals surface area contributed by atoms with Gasteiger partial charge in [-0.1, -0.05) is 26.0 Å². The molecule has 2 aliphatic heterocycles. The molecule has 2 aromatic rings. The van der Waals surface area contributed by atoms with Gasteiger partial charge in [-0.2, -0.15) is 4.31 Å². The summed E-state index contributed by atoms with van der Waals surface area (Å²) < 4.78 is 39.6. The average molecular weight is 488 g/mol. The number of rotatable bonds is 7. The third-order valence-corrected chi connectivity index (χ3v) is 8.41. The Morgan fingerprint density at radius 3 is 2.32 bits per heavy atom. The van der Waals surface area contributed by atoms with Gasteiger partial charge in [0.05, 0.1) is 16.3 Å². The first-order valence-electron chi connectivity index (χ1n) is 12.0. The highest BCUT2D eigenvalue weighted by molar-refractivity contribution is 7.89. The number of piperidine rings is 1. The molecule has 1 fully saturated rings. The van der Waals surface area contributed by atoms with E-state index in [1.807, 2.05) is 26.0 Å². The Labute approximate surface area is 201 Å². The van der Waals surface area contributed by atoms with Crippen LogP contribution >= 0.6 is 0 Å². The van der Waals surface area contributed by atoms with Crippen molar-refractivity contribution in [1.29, 1.82) is 0 Å². The number of para-hydroxylation sites is 2. The third-order valence-electron chi connectivity index (χ3n) is 6.37. The molecule has 9 heteroatoms. The van der Waals surface area contributed by atoms with Crippen molar-refractivity contribution < 1.29 is 22.7 Å². The topological polar surface area (TPSA) is 88.2 Å². The summed E-state index contributed by atoms with van der Waals surface area (Å²) in [5, 5.41) is 2.96. The lowest BCUT2D eigenvalue weighted by Gasteiger charge is -2.33. The number of carbonyl (C=O) groups is 1. The summed E-state index contributed by atoms with van der Waals surface area (Å²) >= 11 is 0. The Hall–Kier alpha value is -2.78. The van der Waals surface area contributed by atoms with Gasteiger partial charge in [-0.15, -0.1) is 0 Å². The van der Waals surface area contributed by atoms with Crippen LogP contribution in [0.15, 0.2) is 47.4 Å². The first-order valence-corrected chi connectivity index (χ1v) is 13.4. The minimum absolute atomic E-state index is 0.159. The van der Waals surface area contributed by atoms with E-state index in [1.165, 1.54) is 4.31 Å². The van der Waals surface area contributed by atoms with E-state index in [4.69, 9.17) is 9.47 Å². The van der Waals surface area contributed by atoms with Crippen molar-refractivity contribution in [2.75, 3.05) is 36.4 Å². The SMILES string of the molecule is CCN(CC)S(=O)(=O)c1ccc(N2CCCCC2)c(NC(=O)C2Oc3ccccc3OC2C)c1. The van der Waals surface area contributed by atoms with Crippen molar-refractivity contribution in [2.24, 2.45) is 0 Å². The molecule has 0 spiro atoms. The van der Waals surface area contributed by atoms with E-state index in [9.17, 15) is 13.2 Å². The predicted molar refractivity (Wildman–Crippen MR) is 132 cm³/mol. The molecule has 1 amide bonds. The fraction of sp³-hybridized carbons (Fsp3) is 0.480. The normalized spacial score (nSPS) is 20.3. The molecule has 2 aliphatic rings. The second kappa shape index (κ2) is 10.2. The minimum atomic E-state index is -3.68. The lowest BCUT2D eigenvalue weighted by atomic mass is 10.1. The van der Waals surface area contributed by atoms with Gasteiger partial charge in [0.15, 0.2) is 11.5 Å². The third kappa shape index (κ3) is 4.86. The molecule has 1 saturated heterocycles. The molecule has 0 saturated carbocycles. The lowest BCUT2D eigenvalue weighted by molar-refractivity contribution is -0.128. The highest BCUT2D eigenvalue weighted by atomic mass is 32.2. The van der Waals surface area contributed by atoms with E-state index in [1.54, 1.807) is 37.3 Å². The van der Waals surface area contributed by atoms with Crippen LogP contribution < -0.4 is 19.7 Å². The van der Waals surface area contributed by atoms with Gasteiger partial charge in [-0.05, 0) is 56.5 Å². The van der Waals surface area contributed by atoms with Gasteiger partial charge in [0.1, 0.15) is 6.10 Å². The van der Waals surface area contributed by atoms with E-state index in [0.717, 1.165) is 38.0 Å². The van der Waals surface area contributed by atoms with Gasteiger partial charge in [0, 0.05) is 26.2 Å². The van der Waals surface area contributed by atoms with E-state index >= 15 is 0 Å². The number of carbonyl (C=O) groups excluding carboxylic acids is 1. The van der Waals surface area contributed by atoms with Crippen LogP contribution in [0.2, 0.25) is 0 Å². The molecular weight excluding hydrogens is 454 g/mol. The summed E-state index contributed by atoms with van der Waals surface area (Å²) in [7, 11) is -3.68. The molecule has 2 aromatic carbocycles. The number of hydrogen-bond acceptors (Lipinski definition) is 6. The van der Waals surface area contributed by atoms with E-state index < -0.39 is 22.2 Å². The summed E-state index contributed by atoms with van der Waals surface area (Å²) in [4.78, 5) is 15.7. The summed E-state index contributed by atoms with van der Waals surface area (Å²) in [5.74, 6) is 0.730. The Morgan fingerprint density at radius 1 is 1.03 bits per heavy atom. The first-order chi connectivity index (χ1) is 16.3. The predicted octanol–water partition coefficient (Wildman–Crippen LogP) is 3.87. The molecule has 0 radical (unpaired) electrons. The quantitative estimate of drug-likeness (QED) is 0.638. The average Bonchev–Trinajstić information content (AvgIpc) is 2.84. The van der Waals surface area contributed by atoms with Crippen molar-refractivity contribution >= 4 is 27.3 Å². The molecule has 8 nitrogen and oxygen atoms in total. The molecular formula is C25H33N3O5S. The number of nitrogens with one attached hydrogen (secondary N) is 1. The molecule has 2 atom stereocenters. The van der Waals surface area contributed by atoms with Crippen molar-refractivity contribution in [2.45, 2.75) is 57.1 Å². The maximum absolute atomic E-state index is 13.3. The maximum atomic E-state index is 13.3. The number of hydrogen-bond donors (Lipinski definition) is 1. The fourth-order valence-corrected chi connectivity index (χ4v) is 5.99. The van der Waals surface area contributed by atoms with Crippen LogP contribution in [0.25, 0.3) is 0 Å². The highest BCUT2D eigenvalue weighted by Crippen LogP contribution is 2.35.